The third-order valence-electron chi connectivity index (χ3n) is 2.13. The number of aromatic nitrogens is 2. The number of rotatable bonds is 4. The van der Waals surface area contributed by atoms with Crippen LogP contribution in [0.4, 0.5) is 0 Å². The molecule has 94 valence electrons. The molecule has 0 aliphatic rings. The van der Waals surface area contributed by atoms with Gasteiger partial charge in [-0.2, -0.15) is 0 Å². The van der Waals surface area contributed by atoms with Gasteiger partial charge in [-0.25, -0.2) is 9.78 Å². The van der Waals surface area contributed by atoms with E-state index in [1.807, 2.05) is 0 Å². The summed E-state index contributed by atoms with van der Waals surface area (Å²) in [4.78, 5) is 25.9. The monoisotopic (exact) mass is 310 g/mol. The minimum absolute atomic E-state index is 0. The first-order valence-electron chi connectivity index (χ1n) is 5.16. The summed E-state index contributed by atoms with van der Waals surface area (Å²) in [5, 5.41) is 8.58. The van der Waals surface area contributed by atoms with Gasteiger partial charge < -0.3 is 14.4 Å². The number of hydrogen-bond donors (Lipinski definition) is 1. The fraction of sp³-hybridized carbons (Fsp3) is 0.0833. The largest absolute Gasteiger partial charge is 0.480 e. The molecule has 6 nitrogen and oxygen atoms in total. The van der Waals surface area contributed by atoms with Crippen LogP contribution in [0.15, 0.2) is 42.9 Å². The van der Waals surface area contributed by atoms with Gasteiger partial charge in [-0.3, -0.25) is 4.79 Å². The van der Waals surface area contributed by atoms with E-state index in [0.29, 0.717) is 5.56 Å². The van der Waals surface area contributed by atoms with Gasteiger partial charge >= 0.3 is 11.9 Å². The molecule has 0 fully saturated rings. The summed E-state index contributed by atoms with van der Waals surface area (Å²) in [6.07, 6.45) is 2.65. The number of carbonyl (C=O) groups is 2. The minimum atomic E-state index is -0.992. The maximum absolute atomic E-state index is 11.7. The number of imidazole rings is 1. The Morgan fingerprint density at radius 3 is 2.58 bits per heavy atom. The van der Waals surface area contributed by atoms with Crippen LogP contribution in [-0.2, 0) is 30.8 Å². The summed E-state index contributed by atoms with van der Waals surface area (Å²) < 4.78 is 6.31. The molecule has 1 aromatic carbocycles. The number of aliphatic carboxylic acids is 1. The zero-order valence-electron chi connectivity index (χ0n) is 10.0. The fourth-order valence-corrected chi connectivity index (χ4v) is 1.36. The van der Waals surface area contributed by atoms with E-state index in [4.69, 9.17) is 9.84 Å². The van der Waals surface area contributed by atoms with Crippen LogP contribution < -0.4 is 4.74 Å². The molecule has 0 atom stereocenters. The molecule has 0 radical (unpaired) electrons. The minimum Gasteiger partial charge on any atom is -0.480 e. The van der Waals surface area contributed by atoms with Crippen LogP contribution in [0, 0.1) is 0 Å². The molecule has 0 saturated heterocycles. The second-order valence-electron chi connectivity index (χ2n) is 3.53. The Bertz CT molecular complexity index is 568. The van der Waals surface area contributed by atoms with Gasteiger partial charge in [0.1, 0.15) is 6.54 Å². The first-order chi connectivity index (χ1) is 8.65. The summed E-state index contributed by atoms with van der Waals surface area (Å²) in [7, 11) is 0. The number of benzene rings is 1. The molecule has 0 bridgehead atoms. The summed E-state index contributed by atoms with van der Waals surface area (Å²) in [5.74, 6) is -1.45. The van der Waals surface area contributed by atoms with Gasteiger partial charge in [0.25, 0.3) is 0 Å². The van der Waals surface area contributed by atoms with Crippen molar-refractivity contribution in [3.63, 3.8) is 0 Å². The van der Waals surface area contributed by atoms with E-state index in [1.165, 1.54) is 17.1 Å². The van der Waals surface area contributed by atoms with E-state index >= 15 is 0 Å². The molecular weight excluding hydrogens is 302 g/mol. The molecule has 7 heteroatoms. The topological polar surface area (TPSA) is 81.4 Å². The summed E-state index contributed by atoms with van der Waals surface area (Å²) in [6, 6.07) is 8.48. The van der Waals surface area contributed by atoms with Gasteiger partial charge in [-0.05, 0) is 12.1 Å². The SMILES string of the molecule is O=C(O)Cn1cnc(OC(=O)c2ccccc2)c1.[Zn]. The van der Waals surface area contributed by atoms with Crippen molar-refractivity contribution < 1.29 is 38.9 Å². The molecule has 0 unspecified atom stereocenters. The molecule has 2 rings (SSSR count). The number of carboxylic acids is 1. The Labute approximate surface area is 121 Å². The van der Waals surface area contributed by atoms with Crippen LogP contribution in [0.25, 0.3) is 0 Å². The van der Waals surface area contributed by atoms with Gasteiger partial charge in [0.15, 0.2) is 0 Å². The predicted molar refractivity (Wildman–Crippen MR) is 61.3 cm³/mol. The van der Waals surface area contributed by atoms with Gasteiger partial charge in [-0.15, -0.1) is 0 Å². The number of carboxylic acid groups (broad SMARTS) is 1. The normalized spacial score (nSPS) is 9.47. The maximum atomic E-state index is 11.7. The van der Waals surface area contributed by atoms with Crippen molar-refractivity contribution in [3.05, 3.63) is 48.4 Å². The number of carbonyl (C=O) groups excluding carboxylic acids is 1. The van der Waals surface area contributed by atoms with Crippen LogP contribution in [-0.4, -0.2) is 26.6 Å². The third-order valence-corrected chi connectivity index (χ3v) is 2.13. The van der Waals surface area contributed by atoms with Crippen molar-refractivity contribution in [2.45, 2.75) is 6.54 Å². The number of ether oxygens (including phenoxy) is 1. The van der Waals surface area contributed by atoms with E-state index in [0.717, 1.165) is 0 Å². The zero-order chi connectivity index (χ0) is 13.0. The molecule has 0 aliphatic carbocycles. The van der Waals surface area contributed by atoms with E-state index in [9.17, 15) is 9.59 Å². The molecular formula is C12H10N2O4Zn. The van der Waals surface area contributed by atoms with E-state index < -0.39 is 11.9 Å². The molecule has 1 heterocycles. The fourth-order valence-electron chi connectivity index (χ4n) is 1.36. The Morgan fingerprint density at radius 2 is 1.95 bits per heavy atom. The maximum Gasteiger partial charge on any atom is 0.344 e. The summed E-state index contributed by atoms with van der Waals surface area (Å²) in [6.45, 7) is -0.226. The predicted octanol–water partition coefficient (Wildman–Crippen LogP) is 1.18. The van der Waals surface area contributed by atoms with E-state index in [1.54, 1.807) is 30.3 Å². The van der Waals surface area contributed by atoms with Crippen molar-refractivity contribution in [3.8, 4) is 5.88 Å². The standard InChI is InChI=1S/C12H10N2O4.Zn/c15-11(16)7-14-6-10(13-8-14)18-12(17)9-4-2-1-3-5-9;/h1-6,8H,7H2,(H,15,16);. The van der Waals surface area contributed by atoms with Crippen molar-refractivity contribution in [2.75, 3.05) is 0 Å². The Hall–Kier alpha value is -2.01. The molecule has 1 N–H and O–H groups in total. The van der Waals surface area contributed by atoms with Crippen LogP contribution >= 0.6 is 0 Å². The van der Waals surface area contributed by atoms with Crippen LogP contribution in [0.5, 0.6) is 5.88 Å². The summed E-state index contributed by atoms with van der Waals surface area (Å²) >= 11 is 0. The quantitative estimate of drug-likeness (QED) is 0.677. The number of hydrogen-bond acceptors (Lipinski definition) is 4. The number of nitrogens with zero attached hydrogens (tertiary/aromatic N) is 2. The van der Waals surface area contributed by atoms with Crippen LogP contribution in [0.2, 0.25) is 0 Å². The molecule has 19 heavy (non-hydrogen) atoms. The Balaban J connectivity index is 0.00000180. The molecule has 0 aliphatic heterocycles. The number of esters is 1. The van der Waals surface area contributed by atoms with Crippen molar-refractivity contribution in [2.24, 2.45) is 0 Å². The second kappa shape index (κ2) is 6.80. The zero-order valence-corrected chi connectivity index (χ0v) is 13.0. The van der Waals surface area contributed by atoms with Crippen molar-refractivity contribution in [1.82, 2.24) is 9.55 Å². The molecule has 2 aromatic rings. The van der Waals surface area contributed by atoms with Crippen molar-refractivity contribution >= 4 is 11.9 Å². The molecule has 0 amide bonds. The summed E-state index contributed by atoms with van der Waals surface area (Å²) in [5.41, 5.74) is 0.408. The van der Waals surface area contributed by atoms with E-state index in [-0.39, 0.29) is 31.9 Å². The van der Waals surface area contributed by atoms with Gasteiger partial charge in [-0.1, -0.05) is 18.2 Å². The van der Waals surface area contributed by atoms with Gasteiger partial charge in [0, 0.05) is 19.5 Å². The van der Waals surface area contributed by atoms with Gasteiger partial charge in [0.05, 0.1) is 18.1 Å². The third kappa shape index (κ3) is 4.30. The smallest absolute Gasteiger partial charge is 0.344 e. The van der Waals surface area contributed by atoms with Gasteiger partial charge in [0.2, 0.25) is 5.88 Å². The second-order valence-corrected chi connectivity index (χ2v) is 3.53. The Morgan fingerprint density at radius 1 is 1.26 bits per heavy atom. The first-order valence-corrected chi connectivity index (χ1v) is 5.16. The average molecular weight is 312 g/mol. The van der Waals surface area contributed by atoms with Crippen molar-refractivity contribution in [1.29, 1.82) is 0 Å². The molecule has 0 saturated carbocycles. The molecule has 1 aromatic heterocycles. The van der Waals surface area contributed by atoms with Crippen LogP contribution in [0.1, 0.15) is 10.4 Å². The Kier molecular flexibility index (Phi) is 5.39. The van der Waals surface area contributed by atoms with E-state index in [2.05, 4.69) is 4.98 Å². The van der Waals surface area contributed by atoms with Crippen LogP contribution in [0.3, 0.4) is 0 Å². The molecule has 0 spiro atoms. The average Bonchev–Trinajstić information content (AvgIpc) is 2.76. The first kappa shape index (κ1) is 15.1.